The third-order valence-corrected chi connectivity index (χ3v) is 3.76. The first-order valence-electron chi connectivity index (χ1n) is 7.02. The van der Waals surface area contributed by atoms with Crippen molar-refractivity contribution < 1.29 is 19.3 Å². The van der Waals surface area contributed by atoms with Crippen molar-refractivity contribution in [3.05, 3.63) is 35.9 Å². The number of nitrogens with one attached hydrogen (secondary N) is 2. The molecule has 0 bridgehead atoms. The van der Waals surface area contributed by atoms with Gasteiger partial charge in [0.15, 0.2) is 6.10 Å². The van der Waals surface area contributed by atoms with Crippen molar-refractivity contribution in [2.24, 2.45) is 0 Å². The molecule has 0 radical (unpaired) electrons. The molecule has 1 aromatic carbocycles. The van der Waals surface area contributed by atoms with Crippen molar-refractivity contribution in [1.82, 2.24) is 0 Å². The molecule has 0 aromatic heterocycles. The van der Waals surface area contributed by atoms with Crippen molar-refractivity contribution >= 4 is 5.97 Å². The van der Waals surface area contributed by atoms with Crippen LogP contribution in [0.3, 0.4) is 0 Å². The van der Waals surface area contributed by atoms with Gasteiger partial charge in [0.25, 0.3) is 0 Å². The lowest BCUT2D eigenvalue weighted by molar-refractivity contribution is -1.00. The number of carbonyl (C=O) groups is 1. The highest BCUT2D eigenvalue weighted by atomic mass is 16.5. The maximum absolute atomic E-state index is 11.3. The number of piperazine rings is 1. The van der Waals surface area contributed by atoms with Gasteiger partial charge in [0, 0.05) is 6.92 Å². The number of quaternary nitrogens is 2. The highest BCUT2D eigenvalue weighted by Gasteiger charge is 2.26. The van der Waals surface area contributed by atoms with Crippen LogP contribution < -0.4 is 9.80 Å². The minimum atomic E-state index is -0.201. The van der Waals surface area contributed by atoms with Crippen LogP contribution in [0.25, 0.3) is 0 Å². The van der Waals surface area contributed by atoms with E-state index in [0.29, 0.717) is 0 Å². The SMILES string of the molecule is CC(=O)O[C@@H](C[NH+]1CC[NH+](C)CC1)c1ccccc1. The van der Waals surface area contributed by atoms with Crippen molar-refractivity contribution in [1.29, 1.82) is 0 Å². The number of hydrogen-bond acceptors (Lipinski definition) is 2. The van der Waals surface area contributed by atoms with E-state index in [4.69, 9.17) is 4.74 Å². The summed E-state index contributed by atoms with van der Waals surface area (Å²) in [6.45, 7) is 7.04. The van der Waals surface area contributed by atoms with Crippen LogP contribution >= 0.6 is 0 Å². The average Bonchev–Trinajstić information content (AvgIpc) is 2.41. The van der Waals surface area contributed by atoms with Gasteiger partial charge in [-0.1, -0.05) is 30.3 Å². The van der Waals surface area contributed by atoms with Gasteiger partial charge in [0.1, 0.15) is 32.7 Å². The summed E-state index contributed by atoms with van der Waals surface area (Å²) in [5.41, 5.74) is 1.09. The summed E-state index contributed by atoms with van der Waals surface area (Å²) >= 11 is 0. The minimum Gasteiger partial charge on any atom is -0.452 e. The Morgan fingerprint density at radius 1 is 1.21 bits per heavy atom. The van der Waals surface area contributed by atoms with Gasteiger partial charge in [-0.3, -0.25) is 4.79 Å². The van der Waals surface area contributed by atoms with E-state index in [0.717, 1.165) is 25.2 Å². The number of hydrogen-bond donors (Lipinski definition) is 2. The molecule has 1 atom stereocenters. The molecule has 1 fully saturated rings. The number of rotatable bonds is 4. The zero-order valence-corrected chi connectivity index (χ0v) is 11.8. The normalized spacial score (nSPS) is 24.7. The summed E-state index contributed by atoms with van der Waals surface area (Å²) in [5, 5.41) is 0. The third-order valence-electron chi connectivity index (χ3n) is 3.76. The molecule has 0 saturated carbocycles. The van der Waals surface area contributed by atoms with Crippen molar-refractivity contribution in [2.75, 3.05) is 39.8 Å². The molecular weight excluding hydrogens is 240 g/mol. The smallest absolute Gasteiger partial charge is 0.303 e. The standard InChI is InChI=1S/C15H22N2O2/c1-13(18)19-15(14-6-4-3-5-7-14)12-17-10-8-16(2)9-11-17/h3-7,15H,8-12H2,1-2H3/p+2/t15-/m0/s1. The second-order valence-electron chi connectivity index (χ2n) is 5.42. The zero-order valence-electron chi connectivity index (χ0n) is 11.8. The lowest BCUT2D eigenvalue weighted by atomic mass is 10.1. The van der Waals surface area contributed by atoms with E-state index in [2.05, 4.69) is 7.05 Å². The van der Waals surface area contributed by atoms with Gasteiger partial charge in [-0.25, -0.2) is 0 Å². The summed E-state index contributed by atoms with van der Waals surface area (Å²) in [4.78, 5) is 14.4. The number of likely N-dealkylation sites (N-methyl/N-ethyl adjacent to an activating group) is 1. The highest BCUT2D eigenvalue weighted by Crippen LogP contribution is 2.15. The summed E-state index contributed by atoms with van der Waals surface area (Å²) in [6, 6.07) is 10.0. The van der Waals surface area contributed by atoms with Gasteiger partial charge in [0.05, 0.1) is 7.05 Å². The molecule has 1 saturated heterocycles. The average molecular weight is 264 g/mol. The Balaban J connectivity index is 2.00. The molecule has 1 heterocycles. The van der Waals surface area contributed by atoms with Crippen LogP contribution in [0.4, 0.5) is 0 Å². The van der Waals surface area contributed by atoms with Gasteiger partial charge in [-0.05, 0) is 5.56 Å². The predicted octanol–water partition coefficient (Wildman–Crippen LogP) is -1.30. The van der Waals surface area contributed by atoms with Crippen LogP contribution in [0.15, 0.2) is 30.3 Å². The molecule has 0 aliphatic carbocycles. The van der Waals surface area contributed by atoms with Crippen LogP contribution in [-0.2, 0) is 9.53 Å². The Hall–Kier alpha value is -1.39. The Morgan fingerprint density at radius 3 is 2.42 bits per heavy atom. The van der Waals surface area contributed by atoms with Gasteiger partial charge in [-0.15, -0.1) is 0 Å². The van der Waals surface area contributed by atoms with E-state index in [1.165, 1.54) is 24.9 Å². The first kappa shape index (κ1) is 14.0. The Morgan fingerprint density at radius 2 is 1.84 bits per heavy atom. The van der Waals surface area contributed by atoms with Gasteiger partial charge < -0.3 is 14.5 Å². The summed E-state index contributed by atoms with van der Waals surface area (Å²) in [6.07, 6.45) is -0.118. The van der Waals surface area contributed by atoms with Crippen molar-refractivity contribution in [3.8, 4) is 0 Å². The molecule has 1 aliphatic heterocycles. The molecular formula is C15H24N2O2+2. The molecule has 0 unspecified atom stereocenters. The van der Waals surface area contributed by atoms with Gasteiger partial charge in [-0.2, -0.15) is 0 Å². The molecule has 1 aromatic rings. The number of ether oxygens (including phenoxy) is 1. The maximum atomic E-state index is 11.3. The predicted molar refractivity (Wildman–Crippen MR) is 73.1 cm³/mol. The Bertz CT molecular complexity index is 400. The fourth-order valence-corrected chi connectivity index (χ4v) is 2.59. The van der Waals surface area contributed by atoms with Gasteiger partial charge >= 0.3 is 5.97 Å². The molecule has 2 N–H and O–H groups in total. The number of carbonyl (C=O) groups excluding carboxylic acids is 1. The summed E-state index contributed by atoms with van der Waals surface area (Å²) < 4.78 is 5.50. The number of esters is 1. The van der Waals surface area contributed by atoms with Crippen molar-refractivity contribution in [2.45, 2.75) is 13.0 Å². The minimum absolute atomic E-state index is 0.118. The van der Waals surface area contributed by atoms with Crippen LogP contribution in [0.2, 0.25) is 0 Å². The van der Waals surface area contributed by atoms with Crippen LogP contribution in [-0.4, -0.2) is 45.7 Å². The molecule has 4 heteroatoms. The first-order chi connectivity index (χ1) is 9.15. The van der Waals surface area contributed by atoms with E-state index in [-0.39, 0.29) is 12.1 Å². The lowest BCUT2D eigenvalue weighted by Crippen LogP contribution is -3.27. The molecule has 19 heavy (non-hydrogen) atoms. The van der Waals surface area contributed by atoms with E-state index in [1.54, 1.807) is 4.90 Å². The number of benzene rings is 1. The van der Waals surface area contributed by atoms with E-state index < -0.39 is 0 Å². The fraction of sp³-hybridized carbons (Fsp3) is 0.533. The molecule has 4 nitrogen and oxygen atoms in total. The lowest BCUT2D eigenvalue weighted by Gasteiger charge is -2.29. The summed E-state index contributed by atoms with van der Waals surface area (Å²) in [5.74, 6) is -0.201. The highest BCUT2D eigenvalue weighted by molar-refractivity contribution is 5.66. The van der Waals surface area contributed by atoms with E-state index >= 15 is 0 Å². The molecule has 2 rings (SSSR count). The molecule has 0 spiro atoms. The zero-order chi connectivity index (χ0) is 13.7. The molecule has 1 aliphatic rings. The molecule has 104 valence electrons. The first-order valence-corrected chi connectivity index (χ1v) is 7.02. The van der Waals surface area contributed by atoms with Crippen LogP contribution in [0, 0.1) is 0 Å². The van der Waals surface area contributed by atoms with E-state index in [1.807, 2.05) is 30.3 Å². The second-order valence-corrected chi connectivity index (χ2v) is 5.42. The van der Waals surface area contributed by atoms with Crippen molar-refractivity contribution in [3.63, 3.8) is 0 Å². The van der Waals surface area contributed by atoms with E-state index in [9.17, 15) is 4.79 Å². The quantitative estimate of drug-likeness (QED) is 0.663. The monoisotopic (exact) mass is 264 g/mol. The van der Waals surface area contributed by atoms with Crippen LogP contribution in [0.1, 0.15) is 18.6 Å². The molecule has 0 amide bonds. The topological polar surface area (TPSA) is 35.2 Å². The largest absolute Gasteiger partial charge is 0.452 e. The Labute approximate surface area is 115 Å². The fourth-order valence-electron chi connectivity index (χ4n) is 2.59. The summed E-state index contributed by atoms with van der Waals surface area (Å²) in [7, 11) is 2.23. The third kappa shape index (κ3) is 4.33. The maximum Gasteiger partial charge on any atom is 0.303 e. The van der Waals surface area contributed by atoms with Crippen LogP contribution in [0.5, 0.6) is 0 Å². The second kappa shape index (κ2) is 6.68. The van der Waals surface area contributed by atoms with Gasteiger partial charge in [0.2, 0.25) is 0 Å². The Kier molecular flexibility index (Phi) is 4.93.